The number of carbonyl (C=O) groups excluding carboxylic acids is 1. The van der Waals surface area contributed by atoms with Crippen molar-refractivity contribution in [3.05, 3.63) is 15.6 Å². The number of thiazole rings is 1. The molecule has 0 spiro atoms. The van der Waals surface area contributed by atoms with E-state index in [4.69, 9.17) is 0 Å². The van der Waals surface area contributed by atoms with Crippen LogP contribution in [0.15, 0.2) is 0 Å². The molecule has 104 valence electrons. The fraction of sp³-hybridized carbons (Fsp3) is 0.733. The second kappa shape index (κ2) is 5.52. The van der Waals surface area contributed by atoms with Crippen LogP contribution in [0.1, 0.15) is 69.3 Å². The molecule has 0 saturated heterocycles. The Hall–Kier alpha value is -0.700. The molecule has 18 heavy (non-hydrogen) atoms. The van der Waals surface area contributed by atoms with Crippen LogP contribution in [0, 0.1) is 17.8 Å². The van der Waals surface area contributed by atoms with Gasteiger partial charge in [-0.3, -0.25) is 4.79 Å². The van der Waals surface area contributed by atoms with Crippen molar-refractivity contribution >= 4 is 17.1 Å². The number of aryl methyl sites for hydroxylation is 1. The lowest BCUT2D eigenvalue weighted by Gasteiger charge is -2.16. The summed E-state index contributed by atoms with van der Waals surface area (Å²) in [4.78, 5) is 17.8. The molecule has 0 radical (unpaired) electrons. The molecule has 1 rings (SSSR count). The van der Waals surface area contributed by atoms with Crippen molar-refractivity contribution in [3.8, 4) is 0 Å². The minimum Gasteiger partial charge on any atom is -0.292 e. The third kappa shape index (κ3) is 4.52. The largest absolute Gasteiger partial charge is 0.292 e. The zero-order valence-electron chi connectivity index (χ0n) is 12.0. The first-order valence-electron chi connectivity index (χ1n) is 6.02. The fourth-order valence-corrected chi connectivity index (χ4v) is 2.78. The lowest BCUT2D eigenvalue weighted by atomic mass is 9.88. The molecule has 3 heteroatoms. The highest BCUT2D eigenvalue weighted by Gasteiger charge is 2.27. The summed E-state index contributed by atoms with van der Waals surface area (Å²) in [6, 6.07) is 0. The van der Waals surface area contributed by atoms with E-state index in [1.807, 2.05) is 27.7 Å². The van der Waals surface area contributed by atoms with E-state index in [0.717, 1.165) is 16.3 Å². The molecule has 0 N–H and O–H groups in total. The minimum absolute atomic E-state index is 0. The Bertz CT molecular complexity index is 419. The van der Waals surface area contributed by atoms with Crippen LogP contribution < -0.4 is 0 Å². The molecule has 0 aromatic carbocycles. The zero-order valence-corrected chi connectivity index (χ0v) is 12.8. The summed E-state index contributed by atoms with van der Waals surface area (Å²) < 4.78 is 0. The standard InChI is InChI=1S/C14H23NOS.CH4/c1-9-11(12(16)14(5,6)7)15-10(17-9)8-13(2,3)4;/h8H2,1-7H3;1H4. The van der Waals surface area contributed by atoms with E-state index in [2.05, 4.69) is 25.8 Å². The van der Waals surface area contributed by atoms with E-state index in [-0.39, 0.29) is 24.0 Å². The van der Waals surface area contributed by atoms with Gasteiger partial charge in [-0.1, -0.05) is 49.0 Å². The first-order chi connectivity index (χ1) is 7.50. The average molecular weight is 269 g/mol. The van der Waals surface area contributed by atoms with Crippen molar-refractivity contribution in [1.82, 2.24) is 4.98 Å². The number of carbonyl (C=O) groups is 1. The summed E-state index contributed by atoms with van der Waals surface area (Å²) in [5.41, 5.74) is 0.534. The Balaban J connectivity index is 0.00000289. The summed E-state index contributed by atoms with van der Waals surface area (Å²) in [6.07, 6.45) is 0.927. The van der Waals surface area contributed by atoms with Crippen LogP contribution in [0.5, 0.6) is 0 Å². The second-order valence-electron chi connectivity index (χ2n) is 6.83. The molecule has 0 bridgehead atoms. The Morgan fingerprint density at radius 1 is 1.17 bits per heavy atom. The molecule has 1 aromatic heterocycles. The minimum atomic E-state index is -0.349. The maximum atomic E-state index is 12.2. The number of hydrogen-bond acceptors (Lipinski definition) is 3. The van der Waals surface area contributed by atoms with E-state index in [9.17, 15) is 4.79 Å². The van der Waals surface area contributed by atoms with Crippen LogP contribution in [0.2, 0.25) is 0 Å². The summed E-state index contributed by atoms with van der Waals surface area (Å²) in [6.45, 7) is 14.4. The van der Waals surface area contributed by atoms with Gasteiger partial charge in [-0.05, 0) is 12.3 Å². The SMILES string of the molecule is C.Cc1sc(CC(C)(C)C)nc1C(=O)C(C)(C)C. The highest BCUT2D eigenvalue weighted by atomic mass is 32.1. The highest BCUT2D eigenvalue weighted by molar-refractivity contribution is 7.11. The van der Waals surface area contributed by atoms with E-state index in [1.54, 1.807) is 11.3 Å². The zero-order chi connectivity index (χ0) is 13.4. The number of ketones is 1. The molecular weight excluding hydrogens is 242 g/mol. The van der Waals surface area contributed by atoms with Crippen molar-refractivity contribution in [2.24, 2.45) is 10.8 Å². The van der Waals surface area contributed by atoms with Gasteiger partial charge in [0, 0.05) is 16.7 Å². The van der Waals surface area contributed by atoms with Gasteiger partial charge < -0.3 is 0 Å². The monoisotopic (exact) mass is 269 g/mol. The normalized spacial score (nSPS) is 12.2. The van der Waals surface area contributed by atoms with Gasteiger partial charge >= 0.3 is 0 Å². The number of nitrogens with zero attached hydrogens (tertiary/aromatic N) is 1. The molecule has 1 heterocycles. The van der Waals surface area contributed by atoms with Gasteiger partial charge in [0.15, 0.2) is 5.78 Å². The summed E-state index contributed by atoms with van der Waals surface area (Å²) in [5, 5.41) is 1.07. The predicted octanol–water partition coefficient (Wildman–Crippen LogP) is 4.91. The molecule has 0 unspecified atom stereocenters. The van der Waals surface area contributed by atoms with Gasteiger partial charge in [-0.25, -0.2) is 4.98 Å². The fourth-order valence-electron chi connectivity index (χ4n) is 1.55. The second-order valence-corrected chi connectivity index (χ2v) is 8.12. The molecule has 0 saturated carbocycles. The van der Waals surface area contributed by atoms with Gasteiger partial charge in [0.25, 0.3) is 0 Å². The first-order valence-corrected chi connectivity index (χ1v) is 6.83. The molecule has 1 aromatic rings. The third-order valence-corrected chi connectivity index (χ3v) is 3.39. The number of rotatable bonds is 2. The quantitative estimate of drug-likeness (QED) is 0.714. The third-order valence-electron chi connectivity index (χ3n) is 2.42. The van der Waals surface area contributed by atoms with Crippen LogP contribution in [-0.2, 0) is 6.42 Å². The Morgan fingerprint density at radius 2 is 1.67 bits per heavy atom. The van der Waals surface area contributed by atoms with Crippen molar-refractivity contribution in [2.45, 2.75) is 62.3 Å². The van der Waals surface area contributed by atoms with Gasteiger partial charge in [-0.2, -0.15) is 0 Å². The summed E-state index contributed by atoms with van der Waals surface area (Å²) >= 11 is 1.65. The van der Waals surface area contributed by atoms with Gasteiger partial charge in [0.05, 0.1) is 5.01 Å². The number of Topliss-reactive ketones (excluding diaryl/α,β-unsaturated/α-hetero) is 1. The molecule has 0 aliphatic carbocycles. The lowest BCUT2D eigenvalue weighted by Crippen LogP contribution is -2.21. The van der Waals surface area contributed by atoms with Crippen LogP contribution >= 0.6 is 11.3 Å². The summed E-state index contributed by atoms with van der Waals surface area (Å²) in [7, 11) is 0. The summed E-state index contributed by atoms with van der Waals surface area (Å²) in [5.74, 6) is 0.145. The Labute approximate surface area is 116 Å². The molecule has 0 amide bonds. The number of aromatic nitrogens is 1. The van der Waals surface area contributed by atoms with Crippen molar-refractivity contribution in [1.29, 1.82) is 0 Å². The van der Waals surface area contributed by atoms with Crippen LogP contribution in [0.3, 0.4) is 0 Å². The molecule has 0 atom stereocenters. The van der Waals surface area contributed by atoms with E-state index >= 15 is 0 Å². The van der Waals surface area contributed by atoms with E-state index in [1.165, 1.54) is 0 Å². The van der Waals surface area contributed by atoms with Gasteiger partial charge in [-0.15, -0.1) is 11.3 Å². The predicted molar refractivity (Wildman–Crippen MR) is 80.5 cm³/mol. The smallest absolute Gasteiger partial charge is 0.187 e. The van der Waals surface area contributed by atoms with Crippen molar-refractivity contribution < 1.29 is 4.79 Å². The highest BCUT2D eigenvalue weighted by Crippen LogP contribution is 2.29. The Kier molecular flexibility index (Phi) is 5.30. The van der Waals surface area contributed by atoms with Crippen molar-refractivity contribution in [2.75, 3.05) is 0 Å². The van der Waals surface area contributed by atoms with Gasteiger partial charge in [0.2, 0.25) is 0 Å². The molecule has 0 aliphatic heterocycles. The lowest BCUT2D eigenvalue weighted by molar-refractivity contribution is 0.0852. The topological polar surface area (TPSA) is 30.0 Å². The van der Waals surface area contributed by atoms with Crippen LogP contribution in [0.25, 0.3) is 0 Å². The molecule has 0 aliphatic rings. The van der Waals surface area contributed by atoms with Gasteiger partial charge in [0.1, 0.15) is 5.69 Å². The first kappa shape index (κ1) is 17.3. The van der Waals surface area contributed by atoms with Crippen LogP contribution in [0.4, 0.5) is 0 Å². The maximum Gasteiger partial charge on any atom is 0.187 e. The maximum absolute atomic E-state index is 12.2. The average Bonchev–Trinajstić information content (AvgIpc) is 2.40. The molecular formula is C15H27NOS. The van der Waals surface area contributed by atoms with E-state index in [0.29, 0.717) is 5.69 Å². The molecule has 0 fully saturated rings. The van der Waals surface area contributed by atoms with E-state index < -0.39 is 0 Å². The Morgan fingerprint density at radius 3 is 2.06 bits per heavy atom. The van der Waals surface area contributed by atoms with Crippen molar-refractivity contribution in [3.63, 3.8) is 0 Å². The number of hydrogen-bond donors (Lipinski definition) is 0. The molecule has 2 nitrogen and oxygen atoms in total. The van der Waals surface area contributed by atoms with Crippen LogP contribution in [-0.4, -0.2) is 10.8 Å².